The number of aromatic hydroxyl groups is 2. The van der Waals surface area contributed by atoms with Crippen molar-refractivity contribution in [1.29, 1.82) is 0 Å². The molecular formula is C76H83N4O2PtS2-. The van der Waals surface area contributed by atoms with E-state index >= 15 is 0 Å². The summed E-state index contributed by atoms with van der Waals surface area (Å²) in [7, 11) is 0. The molecule has 9 heteroatoms. The predicted molar refractivity (Wildman–Crippen MR) is 363 cm³/mol. The van der Waals surface area contributed by atoms with Gasteiger partial charge in [0.25, 0.3) is 0 Å². The number of hydrogen-bond acceptors (Lipinski definition) is 8. The fourth-order valence-electron chi connectivity index (χ4n) is 10.1. The Kier molecular flexibility index (Phi) is 18.5. The fourth-order valence-corrected chi connectivity index (χ4v) is 12.2. The molecule has 0 fully saturated rings. The molecule has 0 atom stereocenters. The summed E-state index contributed by atoms with van der Waals surface area (Å²) in [4.78, 5) is 20.3. The molecule has 2 heterocycles. The Labute approximate surface area is 528 Å². The maximum absolute atomic E-state index is 11.3. The summed E-state index contributed by atoms with van der Waals surface area (Å²) in [6, 6.07) is 55.8. The van der Waals surface area contributed by atoms with Crippen LogP contribution in [0.5, 0.6) is 11.5 Å². The van der Waals surface area contributed by atoms with Crippen molar-refractivity contribution >= 4 is 66.9 Å². The zero-order valence-corrected chi connectivity index (χ0v) is 56.8. The summed E-state index contributed by atoms with van der Waals surface area (Å²) >= 11 is 3.40. The van der Waals surface area contributed by atoms with Crippen LogP contribution in [-0.2, 0) is 53.6 Å². The molecule has 0 amide bonds. The van der Waals surface area contributed by atoms with E-state index in [1.165, 1.54) is 32.5 Å². The first-order chi connectivity index (χ1) is 39.3. The molecule has 85 heavy (non-hydrogen) atoms. The Morgan fingerprint density at radius 2 is 0.776 bits per heavy atom. The Morgan fingerprint density at radius 1 is 0.400 bits per heavy atom. The summed E-state index contributed by atoms with van der Waals surface area (Å²) in [6.07, 6.45) is 3.60. The first kappa shape index (κ1) is 64.2. The molecule has 8 aromatic carbocycles. The van der Waals surface area contributed by atoms with Crippen LogP contribution >= 0.6 is 22.7 Å². The molecule has 0 radical (unpaired) electrons. The molecule has 0 aliphatic heterocycles. The van der Waals surface area contributed by atoms with E-state index in [1.54, 1.807) is 35.1 Å². The maximum Gasteiger partial charge on any atom is 0.128 e. The van der Waals surface area contributed by atoms with Crippen LogP contribution in [0.25, 0.3) is 63.8 Å². The molecule has 0 aliphatic carbocycles. The van der Waals surface area contributed by atoms with E-state index in [1.807, 2.05) is 54.6 Å². The van der Waals surface area contributed by atoms with Crippen LogP contribution in [0.3, 0.4) is 0 Å². The molecule has 442 valence electrons. The van der Waals surface area contributed by atoms with Gasteiger partial charge in [-0.05, 0) is 115 Å². The van der Waals surface area contributed by atoms with Gasteiger partial charge in [-0.15, -0.1) is 58.6 Å². The van der Waals surface area contributed by atoms with Gasteiger partial charge in [0.15, 0.2) is 0 Å². The number of aromatic nitrogens is 2. The summed E-state index contributed by atoms with van der Waals surface area (Å²) in [5, 5.41) is 24.5. The Balaban J connectivity index is 0.000000219. The topological polar surface area (TPSA) is 91.0 Å². The molecule has 10 rings (SSSR count). The number of rotatable bonds is 8. The third-order valence-corrected chi connectivity index (χ3v) is 17.5. The third kappa shape index (κ3) is 14.5. The third-order valence-electron chi connectivity index (χ3n) is 15.4. The van der Waals surface area contributed by atoms with Crippen molar-refractivity contribution in [2.24, 2.45) is 9.98 Å². The quantitative estimate of drug-likeness (QED) is 0.117. The van der Waals surface area contributed by atoms with Crippen molar-refractivity contribution in [3.63, 3.8) is 0 Å². The van der Waals surface area contributed by atoms with Crippen LogP contribution in [0, 0.1) is 6.07 Å². The fraction of sp³-hybridized carbons (Fsp3) is 0.316. The smallest absolute Gasteiger partial charge is 0.128 e. The van der Waals surface area contributed by atoms with Crippen LogP contribution in [0.15, 0.2) is 162 Å². The first-order valence-electron chi connectivity index (χ1n) is 29.2. The minimum atomic E-state index is -0.202. The number of thiazole rings is 2. The Hall–Kier alpha value is -6.83. The standard InChI is InChI=1S/C38H42N2OS.C38H41N2OS.Pt/c2*1-36(2,3)26-19-25(34(41)30(21-26)38(7,8)9)23-39-31-18-14-13-17-28(31)35-40-33-29(24-15-11-10-12-16-24)20-27(37(4,5)6)22-32(33)42-35;/h10-23,41H,1-9H3;10-15,17-23,41H,1-9H3;/q;-1;. The molecule has 2 N–H and O–H groups in total. The van der Waals surface area contributed by atoms with Gasteiger partial charge in [-0.3, -0.25) is 9.98 Å². The second-order valence-corrected chi connectivity index (χ2v) is 30.5. The van der Waals surface area contributed by atoms with E-state index in [0.29, 0.717) is 5.75 Å². The van der Waals surface area contributed by atoms with Gasteiger partial charge in [-0.2, -0.15) is 0 Å². The van der Waals surface area contributed by atoms with Crippen molar-refractivity contribution in [2.45, 2.75) is 157 Å². The van der Waals surface area contributed by atoms with E-state index < -0.39 is 0 Å². The van der Waals surface area contributed by atoms with Gasteiger partial charge in [0.1, 0.15) is 21.5 Å². The number of benzene rings is 8. The molecule has 2 aromatic heterocycles. The van der Waals surface area contributed by atoms with Gasteiger partial charge in [0.2, 0.25) is 0 Å². The average Bonchev–Trinajstić information content (AvgIpc) is 2.12. The first-order valence-corrected chi connectivity index (χ1v) is 30.8. The van der Waals surface area contributed by atoms with Gasteiger partial charge >= 0.3 is 0 Å². The second-order valence-electron chi connectivity index (χ2n) is 28.4. The van der Waals surface area contributed by atoms with Gasteiger partial charge in [-0.25, -0.2) is 9.97 Å². The molecule has 0 aliphatic rings. The number of hydrogen-bond donors (Lipinski definition) is 2. The molecular weight excluding hydrogens is 1260 g/mol. The van der Waals surface area contributed by atoms with E-state index in [9.17, 15) is 10.2 Å². The summed E-state index contributed by atoms with van der Waals surface area (Å²) in [5.41, 5.74) is 17.8. The van der Waals surface area contributed by atoms with Crippen molar-refractivity contribution in [3.05, 3.63) is 202 Å². The molecule has 0 bridgehead atoms. The van der Waals surface area contributed by atoms with Crippen molar-refractivity contribution in [1.82, 2.24) is 9.97 Å². The summed E-state index contributed by atoms with van der Waals surface area (Å²) in [5.74, 6) is 0.578. The van der Waals surface area contributed by atoms with Crippen molar-refractivity contribution in [3.8, 4) is 54.9 Å². The Morgan fingerprint density at radius 3 is 1.18 bits per heavy atom. The summed E-state index contributed by atoms with van der Waals surface area (Å²) < 4.78 is 2.31. The zero-order chi connectivity index (χ0) is 60.9. The van der Waals surface area contributed by atoms with Crippen LogP contribution in [0.4, 0.5) is 11.4 Å². The number of para-hydroxylation sites is 2. The van der Waals surface area contributed by atoms with Gasteiger partial charge in [0.05, 0.1) is 21.6 Å². The summed E-state index contributed by atoms with van der Waals surface area (Å²) in [6.45, 7) is 39.5. The van der Waals surface area contributed by atoms with Crippen molar-refractivity contribution in [2.75, 3.05) is 0 Å². The molecule has 0 spiro atoms. The SMILES string of the molecule is CC(C)(C)c1cc(C=Nc2ccccc2-c2nc3c(-c4[c-]cccc4)cc(C(C)(C)C)cc3s2)c(O)c(C(C)(C)C)c1.CC(C)(C)c1cc(C=Nc2ccccc2-c2nc3c(-c4ccccc4)cc(C(C)(C)C)cc3s2)c(O)c(C(C)(C)C)c1.[Pt]. The van der Waals surface area contributed by atoms with E-state index in [-0.39, 0.29) is 59.3 Å². The molecule has 0 saturated carbocycles. The van der Waals surface area contributed by atoms with E-state index in [2.05, 4.69) is 228 Å². The number of aliphatic imine (C=N–C) groups is 2. The van der Waals surface area contributed by atoms with Gasteiger partial charge in [-0.1, -0.05) is 203 Å². The van der Waals surface area contributed by atoms with Gasteiger partial charge in [0, 0.05) is 82.7 Å². The van der Waals surface area contributed by atoms with E-state index in [4.69, 9.17) is 20.0 Å². The maximum atomic E-state index is 11.3. The molecule has 6 nitrogen and oxygen atoms in total. The minimum Gasteiger partial charge on any atom is -0.507 e. The monoisotopic (exact) mass is 1340 g/mol. The number of nitrogens with zero attached hydrogens (tertiary/aromatic N) is 4. The number of phenolic OH excluding ortho intramolecular Hbond substituents is 2. The van der Waals surface area contributed by atoms with Crippen LogP contribution in [0.1, 0.15) is 169 Å². The normalized spacial score (nSPS) is 12.7. The number of fused-ring (bicyclic) bond motifs is 2. The van der Waals surface area contributed by atoms with Crippen LogP contribution < -0.4 is 0 Å². The Bertz CT molecular complexity index is 3820. The minimum absolute atomic E-state index is 0. The van der Waals surface area contributed by atoms with Gasteiger partial charge < -0.3 is 10.2 Å². The molecule has 0 saturated heterocycles. The van der Waals surface area contributed by atoms with Crippen LogP contribution in [0.2, 0.25) is 0 Å². The second kappa shape index (κ2) is 24.5. The van der Waals surface area contributed by atoms with E-state index in [0.717, 1.165) is 87.2 Å². The number of phenols is 2. The average molecular weight is 1340 g/mol. The molecule has 10 aromatic rings. The zero-order valence-electron chi connectivity index (χ0n) is 52.9. The molecule has 0 unspecified atom stereocenters. The van der Waals surface area contributed by atoms with Crippen LogP contribution in [-0.4, -0.2) is 32.6 Å². The predicted octanol–water partition coefficient (Wildman–Crippen LogP) is 21.8. The largest absolute Gasteiger partial charge is 0.507 e. The van der Waals surface area contributed by atoms with Crippen molar-refractivity contribution < 1.29 is 31.3 Å².